The number of rotatable bonds is 8. The van der Waals surface area contributed by atoms with Crippen LogP contribution in [-0.4, -0.2) is 84.0 Å². The fraction of sp³-hybridized carbons (Fsp3) is 0.303. The molecule has 224 valence electrons. The predicted molar refractivity (Wildman–Crippen MR) is 170 cm³/mol. The van der Waals surface area contributed by atoms with E-state index in [9.17, 15) is 14.4 Å². The lowest BCUT2D eigenvalue weighted by molar-refractivity contribution is -0.118. The van der Waals surface area contributed by atoms with E-state index >= 15 is 0 Å². The Labute approximate surface area is 252 Å². The maximum absolute atomic E-state index is 13.8. The highest BCUT2D eigenvalue weighted by Crippen LogP contribution is 2.29. The molecule has 1 aromatic heterocycles. The Bertz CT molecular complexity index is 1560. The van der Waals surface area contributed by atoms with Crippen molar-refractivity contribution in [2.24, 2.45) is 0 Å². The standard InChI is InChI=1S/C33H39N7O3/c1-23(28-21-34-29-15-8-7-14-27(28)29)30(31(41)35-26-13-9-10-24(20-26)22-38(2)3)37-33(43)40-18-16-39(17-19-40)32(42)36-25-11-5-4-6-12-25/h4-15,20-21,23,30,34H,16-19,22H2,1-3H3,(H,35,41)(H,36,42)(H,37,43). The van der Waals surface area contributed by atoms with Crippen molar-refractivity contribution in [3.63, 3.8) is 0 Å². The summed E-state index contributed by atoms with van der Waals surface area (Å²) in [7, 11) is 3.99. The summed E-state index contributed by atoms with van der Waals surface area (Å²) in [6.45, 7) is 4.19. The van der Waals surface area contributed by atoms with Gasteiger partial charge in [0.05, 0.1) is 0 Å². The Morgan fingerprint density at radius 3 is 2.19 bits per heavy atom. The van der Waals surface area contributed by atoms with E-state index < -0.39 is 6.04 Å². The van der Waals surface area contributed by atoms with Crippen LogP contribution >= 0.6 is 0 Å². The molecule has 0 saturated carbocycles. The third-order valence-electron chi connectivity index (χ3n) is 7.75. The van der Waals surface area contributed by atoms with E-state index in [1.165, 1.54) is 0 Å². The molecule has 10 nitrogen and oxygen atoms in total. The Morgan fingerprint density at radius 2 is 1.47 bits per heavy atom. The molecule has 2 unspecified atom stereocenters. The average Bonchev–Trinajstić information content (AvgIpc) is 3.44. The number of aromatic amines is 1. The lowest BCUT2D eigenvalue weighted by Gasteiger charge is -2.36. The van der Waals surface area contributed by atoms with Gasteiger partial charge in [-0.3, -0.25) is 4.79 Å². The van der Waals surface area contributed by atoms with Crippen molar-refractivity contribution < 1.29 is 14.4 Å². The lowest BCUT2D eigenvalue weighted by Crippen LogP contribution is -2.57. The maximum Gasteiger partial charge on any atom is 0.321 e. The zero-order valence-electron chi connectivity index (χ0n) is 24.8. The van der Waals surface area contributed by atoms with Gasteiger partial charge in [0.1, 0.15) is 6.04 Å². The zero-order valence-corrected chi connectivity index (χ0v) is 24.8. The quantitative estimate of drug-likeness (QED) is 0.237. The van der Waals surface area contributed by atoms with Gasteiger partial charge >= 0.3 is 12.1 Å². The minimum absolute atomic E-state index is 0.201. The number of urea groups is 2. The monoisotopic (exact) mass is 581 g/mol. The number of benzene rings is 3. The Morgan fingerprint density at radius 1 is 0.814 bits per heavy atom. The molecule has 1 aliphatic heterocycles. The van der Waals surface area contributed by atoms with Gasteiger partial charge in [0, 0.05) is 67.1 Å². The molecule has 4 aromatic rings. The Hall–Kier alpha value is -4.83. The van der Waals surface area contributed by atoms with Gasteiger partial charge in [-0.05, 0) is 55.6 Å². The van der Waals surface area contributed by atoms with Gasteiger partial charge in [-0.25, -0.2) is 9.59 Å². The molecule has 43 heavy (non-hydrogen) atoms. The van der Waals surface area contributed by atoms with Crippen molar-refractivity contribution in [1.82, 2.24) is 25.0 Å². The molecule has 2 heterocycles. The SMILES string of the molecule is CC(c1c[nH]c2ccccc12)C(NC(=O)N1CCN(C(=O)Nc2ccccc2)CC1)C(=O)Nc1cccc(CN(C)C)c1. The van der Waals surface area contributed by atoms with Crippen LogP contribution in [0, 0.1) is 0 Å². The molecule has 2 atom stereocenters. The van der Waals surface area contributed by atoms with Crippen molar-refractivity contribution in [2.45, 2.75) is 25.4 Å². The summed E-state index contributed by atoms with van der Waals surface area (Å²) in [6, 6.07) is 23.6. The van der Waals surface area contributed by atoms with Crippen molar-refractivity contribution in [1.29, 1.82) is 0 Å². The number of hydrogen-bond donors (Lipinski definition) is 4. The number of amides is 5. The number of aromatic nitrogens is 1. The summed E-state index contributed by atoms with van der Waals surface area (Å²) in [5.41, 5.74) is 4.38. The van der Waals surface area contributed by atoms with E-state index in [1.54, 1.807) is 9.80 Å². The second-order valence-corrected chi connectivity index (χ2v) is 11.2. The van der Waals surface area contributed by atoms with Gasteiger partial charge in [-0.15, -0.1) is 0 Å². The Balaban J connectivity index is 1.29. The second kappa shape index (κ2) is 13.4. The number of para-hydroxylation sites is 2. The largest absolute Gasteiger partial charge is 0.361 e. The van der Waals surface area contributed by atoms with Crippen LogP contribution in [0.1, 0.15) is 24.0 Å². The van der Waals surface area contributed by atoms with Gasteiger partial charge in [0.25, 0.3) is 0 Å². The fourth-order valence-corrected chi connectivity index (χ4v) is 5.46. The number of H-pyrrole nitrogens is 1. The third kappa shape index (κ3) is 7.34. The Kier molecular flexibility index (Phi) is 9.26. The molecule has 1 fully saturated rings. The van der Waals surface area contributed by atoms with Gasteiger partial charge in [0.2, 0.25) is 5.91 Å². The fourth-order valence-electron chi connectivity index (χ4n) is 5.46. The van der Waals surface area contributed by atoms with Crippen LogP contribution in [0.4, 0.5) is 21.0 Å². The lowest BCUT2D eigenvalue weighted by atomic mass is 9.92. The number of hydrogen-bond acceptors (Lipinski definition) is 4. The van der Waals surface area contributed by atoms with E-state index in [-0.39, 0.29) is 23.9 Å². The first-order valence-corrected chi connectivity index (χ1v) is 14.6. The predicted octanol–water partition coefficient (Wildman–Crippen LogP) is 4.90. The second-order valence-electron chi connectivity index (χ2n) is 11.2. The summed E-state index contributed by atoms with van der Waals surface area (Å²) in [5, 5.41) is 9.96. The minimum Gasteiger partial charge on any atom is -0.361 e. The van der Waals surface area contributed by atoms with E-state index in [1.807, 2.05) is 106 Å². The van der Waals surface area contributed by atoms with Crippen LogP contribution in [0.3, 0.4) is 0 Å². The zero-order chi connectivity index (χ0) is 30.3. The van der Waals surface area contributed by atoms with Crippen LogP contribution < -0.4 is 16.0 Å². The average molecular weight is 582 g/mol. The van der Waals surface area contributed by atoms with Crippen molar-refractivity contribution in [3.8, 4) is 0 Å². The molecule has 3 aromatic carbocycles. The molecule has 0 aliphatic carbocycles. The van der Waals surface area contributed by atoms with Gasteiger partial charge in [-0.1, -0.05) is 55.5 Å². The van der Waals surface area contributed by atoms with Crippen molar-refractivity contribution in [2.75, 3.05) is 50.9 Å². The first kappa shape index (κ1) is 29.7. The highest BCUT2D eigenvalue weighted by atomic mass is 16.2. The van der Waals surface area contributed by atoms with Crippen LogP contribution in [0.2, 0.25) is 0 Å². The van der Waals surface area contributed by atoms with Crippen molar-refractivity contribution in [3.05, 3.63) is 96.2 Å². The summed E-state index contributed by atoms with van der Waals surface area (Å²) in [5.74, 6) is -0.628. The smallest absolute Gasteiger partial charge is 0.321 e. The van der Waals surface area contributed by atoms with E-state index in [0.717, 1.165) is 34.3 Å². The molecule has 0 bridgehead atoms. The number of fused-ring (bicyclic) bond motifs is 1. The summed E-state index contributed by atoms with van der Waals surface area (Å²) < 4.78 is 0. The number of anilines is 2. The van der Waals surface area contributed by atoms with E-state index in [0.29, 0.717) is 31.9 Å². The molecule has 5 amide bonds. The number of piperazine rings is 1. The molecule has 4 N–H and O–H groups in total. The normalized spacial score (nSPS) is 14.8. The van der Waals surface area contributed by atoms with Crippen molar-refractivity contribution >= 4 is 40.2 Å². The summed E-state index contributed by atoms with van der Waals surface area (Å²) >= 11 is 0. The van der Waals surface area contributed by atoms with Crippen LogP contribution in [-0.2, 0) is 11.3 Å². The van der Waals surface area contributed by atoms with E-state index in [2.05, 4.69) is 25.8 Å². The van der Waals surface area contributed by atoms with Gasteiger partial charge in [0.15, 0.2) is 0 Å². The first-order valence-electron chi connectivity index (χ1n) is 14.6. The molecule has 0 spiro atoms. The molecule has 10 heteroatoms. The van der Waals surface area contributed by atoms with Crippen LogP contribution in [0.5, 0.6) is 0 Å². The molecule has 1 saturated heterocycles. The highest BCUT2D eigenvalue weighted by Gasteiger charge is 2.32. The number of carbonyl (C=O) groups is 3. The molecule has 1 aliphatic rings. The van der Waals surface area contributed by atoms with Gasteiger partial charge < -0.3 is 35.6 Å². The number of nitrogens with one attached hydrogen (secondary N) is 4. The van der Waals surface area contributed by atoms with Crippen LogP contribution in [0.25, 0.3) is 10.9 Å². The molecular weight excluding hydrogens is 542 g/mol. The number of carbonyl (C=O) groups excluding carboxylic acids is 3. The van der Waals surface area contributed by atoms with E-state index in [4.69, 9.17) is 0 Å². The topological polar surface area (TPSA) is 113 Å². The third-order valence-corrected chi connectivity index (χ3v) is 7.75. The summed E-state index contributed by atoms with van der Waals surface area (Å²) in [4.78, 5) is 48.8. The summed E-state index contributed by atoms with van der Waals surface area (Å²) in [6.07, 6.45) is 1.91. The van der Waals surface area contributed by atoms with Crippen LogP contribution in [0.15, 0.2) is 85.1 Å². The highest BCUT2D eigenvalue weighted by molar-refractivity contribution is 5.98. The maximum atomic E-state index is 13.8. The molecule has 5 rings (SSSR count). The first-order chi connectivity index (χ1) is 20.8. The number of nitrogens with zero attached hydrogens (tertiary/aromatic N) is 3. The molecule has 0 radical (unpaired) electrons. The molecular formula is C33H39N7O3. The van der Waals surface area contributed by atoms with Gasteiger partial charge in [-0.2, -0.15) is 0 Å². The minimum atomic E-state index is -0.844.